The lowest BCUT2D eigenvalue weighted by molar-refractivity contribution is 0.204. The zero-order chi connectivity index (χ0) is 12.0. The molecule has 1 aromatic rings. The first kappa shape index (κ1) is 13.6. The van der Waals surface area contributed by atoms with Gasteiger partial charge in [0.05, 0.1) is 11.5 Å². The second kappa shape index (κ2) is 6.31. The molecule has 5 nitrogen and oxygen atoms in total. The molecule has 1 rings (SSSR count). The van der Waals surface area contributed by atoms with Crippen LogP contribution in [0.15, 0.2) is 16.3 Å². The van der Waals surface area contributed by atoms with Crippen LogP contribution in [0.25, 0.3) is 0 Å². The lowest BCUT2D eigenvalue weighted by Crippen LogP contribution is -2.27. The van der Waals surface area contributed by atoms with Gasteiger partial charge in [-0.05, 0) is 18.5 Å². The number of hydrogen-bond acceptors (Lipinski definition) is 5. The van der Waals surface area contributed by atoms with Crippen LogP contribution in [-0.4, -0.2) is 35.7 Å². The number of thiophene rings is 1. The molecule has 0 fully saturated rings. The van der Waals surface area contributed by atoms with Gasteiger partial charge >= 0.3 is 0 Å². The lowest BCUT2D eigenvalue weighted by atomic mass is 10.5. The molecule has 0 unspecified atom stereocenters. The Bertz CT molecular complexity index is 414. The molecule has 16 heavy (non-hydrogen) atoms. The monoisotopic (exact) mass is 264 g/mol. The van der Waals surface area contributed by atoms with Gasteiger partial charge in [0.25, 0.3) is 0 Å². The zero-order valence-electron chi connectivity index (χ0n) is 9.32. The highest BCUT2D eigenvalue weighted by molar-refractivity contribution is 7.89. The van der Waals surface area contributed by atoms with E-state index in [1.54, 1.807) is 18.5 Å². The molecule has 92 valence electrons. The van der Waals surface area contributed by atoms with Crippen molar-refractivity contribution < 1.29 is 13.2 Å². The zero-order valence-corrected chi connectivity index (χ0v) is 11.0. The molecule has 7 heteroatoms. The van der Waals surface area contributed by atoms with Crippen molar-refractivity contribution in [2.45, 2.75) is 11.4 Å². The van der Waals surface area contributed by atoms with Gasteiger partial charge in [0.1, 0.15) is 0 Å². The van der Waals surface area contributed by atoms with Crippen LogP contribution in [0.2, 0.25) is 0 Å². The number of rotatable bonds is 7. The molecule has 0 aliphatic carbocycles. The highest BCUT2D eigenvalue weighted by atomic mass is 32.2. The summed E-state index contributed by atoms with van der Waals surface area (Å²) in [5, 5.41) is 4.72. The van der Waals surface area contributed by atoms with E-state index in [0.717, 1.165) is 4.88 Å². The molecular formula is C9H16N2O3S2. The van der Waals surface area contributed by atoms with Crippen LogP contribution >= 0.6 is 11.3 Å². The number of sulfonamides is 1. The molecule has 0 aliphatic heterocycles. The summed E-state index contributed by atoms with van der Waals surface area (Å²) in [5.74, 6) is 0. The second-order valence-corrected chi connectivity index (χ2v) is 5.86. The van der Waals surface area contributed by atoms with E-state index >= 15 is 0 Å². The predicted octanol–water partition coefficient (Wildman–Crippen LogP) is 0.392. The first-order valence-corrected chi connectivity index (χ1v) is 7.17. The number of hydrogen-bond donors (Lipinski definition) is 2. The van der Waals surface area contributed by atoms with Crippen LogP contribution in [0.5, 0.6) is 0 Å². The highest BCUT2D eigenvalue weighted by Gasteiger charge is 2.18. The Kier molecular flexibility index (Phi) is 5.36. The minimum absolute atomic E-state index is 0.285. The normalized spacial score (nSPS) is 11.9. The molecule has 0 saturated heterocycles. The molecular weight excluding hydrogens is 248 g/mol. The average Bonchev–Trinajstić information content (AvgIpc) is 2.67. The van der Waals surface area contributed by atoms with E-state index in [2.05, 4.69) is 10.0 Å². The van der Waals surface area contributed by atoms with Crippen LogP contribution in [-0.2, 0) is 21.3 Å². The number of ether oxygens (including phenoxy) is 1. The molecule has 1 aromatic heterocycles. The molecule has 0 amide bonds. The van der Waals surface area contributed by atoms with Gasteiger partial charge in [-0.3, -0.25) is 0 Å². The first-order chi connectivity index (χ1) is 7.61. The topological polar surface area (TPSA) is 67.4 Å². The van der Waals surface area contributed by atoms with E-state index in [4.69, 9.17) is 4.74 Å². The summed E-state index contributed by atoms with van der Waals surface area (Å²) < 4.78 is 31.0. The average molecular weight is 264 g/mol. The van der Waals surface area contributed by atoms with E-state index in [0.29, 0.717) is 18.0 Å². The molecule has 0 radical (unpaired) electrons. The summed E-state index contributed by atoms with van der Waals surface area (Å²) in [4.78, 5) is 1.16. The van der Waals surface area contributed by atoms with Gasteiger partial charge in [-0.15, -0.1) is 11.3 Å². The predicted molar refractivity (Wildman–Crippen MR) is 64.1 cm³/mol. The van der Waals surface area contributed by atoms with E-state index in [1.807, 2.05) is 0 Å². The minimum atomic E-state index is -3.40. The fourth-order valence-electron chi connectivity index (χ4n) is 1.21. The number of nitrogens with one attached hydrogen (secondary N) is 2. The first-order valence-electron chi connectivity index (χ1n) is 4.81. The maximum atomic E-state index is 11.9. The van der Waals surface area contributed by atoms with Crippen LogP contribution < -0.4 is 10.0 Å². The van der Waals surface area contributed by atoms with E-state index < -0.39 is 10.0 Å². The summed E-state index contributed by atoms with van der Waals surface area (Å²) in [6.45, 7) is 1.20. The van der Waals surface area contributed by atoms with Gasteiger partial charge in [0.2, 0.25) is 10.0 Å². The van der Waals surface area contributed by atoms with Crippen molar-refractivity contribution in [1.29, 1.82) is 0 Å². The largest absolute Gasteiger partial charge is 0.383 e. The van der Waals surface area contributed by atoms with Crippen molar-refractivity contribution in [2.24, 2.45) is 0 Å². The van der Waals surface area contributed by atoms with E-state index in [1.165, 1.54) is 18.4 Å². The van der Waals surface area contributed by atoms with Gasteiger partial charge < -0.3 is 10.1 Å². The van der Waals surface area contributed by atoms with E-state index in [9.17, 15) is 8.42 Å². The van der Waals surface area contributed by atoms with E-state index in [-0.39, 0.29) is 6.54 Å². The van der Waals surface area contributed by atoms with Crippen molar-refractivity contribution in [2.75, 3.05) is 27.3 Å². The fraction of sp³-hybridized carbons (Fsp3) is 0.556. The summed E-state index contributed by atoms with van der Waals surface area (Å²) in [7, 11) is -0.0824. The Morgan fingerprint density at radius 3 is 2.88 bits per heavy atom. The van der Waals surface area contributed by atoms with Crippen molar-refractivity contribution >= 4 is 21.4 Å². The lowest BCUT2D eigenvalue weighted by Gasteiger charge is -2.06. The molecule has 0 atom stereocenters. The highest BCUT2D eigenvalue weighted by Crippen LogP contribution is 2.21. The molecule has 0 aliphatic rings. The van der Waals surface area contributed by atoms with Crippen LogP contribution in [0, 0.1) is 0 Å². The van der Waals surface area contributed by atoms with Crippen LogP contribution in [0.1, 0.15) is 4.88 Å². The quantitative estimate of drug-likeness (QED) is 0.699. The third-order valence-corrected chi connectivity index (χ3v) is 4.53. The summed E-state index contributed by atoms with van der Waals surface area (Å²) in [6, 6.07) is 1.62. The van der Waals surface area contributed by atoms with Gasteiger partial charge in [0, 0.05) is 25.1 Å². The van der Waals surface area contributed by atoms with Crippen molar-refractivity contribution in [3.63, 3.8) is 0 Å². The van der Waals surface area contributed by atoms with Crippen molar-refractivity contribution in [3.05, 3.63) is 16.3 Å². The Morgan fingerprint density at radius 1 is 1.50 bits per heavy atom. The second-order valence-electron chi connectivity index (χ2n) is 3.13. The number of methoxy groups -OCH3 is 1. The maximum Gasteiger partial charge on any atom is 0.241 e. The Labute approximate surface area is 99.9 Å². The molecule has 2 N–H and O–H groups in total. The van der Waals surface area contributed by atoms with Gasteiger partial charge in [0.15, 0.2) is 0 Å². The van der Waals surface area contributed by atoms with Gasteiger partial charge in [-0.2, -0.15) is 0 Å². The molecule has 0 saturated carbocycles. The molecule has 0 aromatic carbocycles. The maximum absolute atomic E-state index is 11.9. The summed E-state index contributed by atoms with van der Waals surface area (Å²) in [6.07, 6.45) is 0. The van der Waals surface area contributed by atoms with Crippen LogP contribution in [0.4, 0.5) is 0 Å². The summed E-state index contributed by atoms with van der Waals surface area (Å²) >= 11 is 1.43. The standard InChI is InChI=1S/C9H16N2O3S2/c1-10-7-8-9(3-6-15-8)16(12,13)11-4-5-14-2/h3,6,10-11H,4-5,7H2,1-2H3. The molecule has 1 heterocycles. The smallest absolute Gasteiger partial charge is 0.241 e. The Hall–Kier alpha value is -0.470. The fourth-order valence-corrected chi connectivity index (χ4v) is 3.68. The van der Waals surface area contributed by atoms with Gasteiger partial charge in [-0.25, -0.2) is 13.1 Å². The third kappa shape index (κ3) is 3.53. The SMILES string of the molecule is CNCc1sccc1S(=O)(=O)NCCOC. The van der Waals surface area contributed by atoms with Gasteiger partial charge in [-0.1, -0.05) is 0 Å². The summed E-state index contributed by atoms with van der Waals surface area (Å²) in [5.41, 5.74) is 0. The Morgan fingerprint density at radius 2 is 2.25 bits per heavy atom. The molecule has 0 spiro atoms. The van der Waals surface area contributed by atoms with Crippen molar-refractivity contribution in [3.8, 4) is 0 Å². The van der Waals surface area contributed by atoms with Crippen molar-refractivity contribution in [1.82, 2.24) is 10.0 Å². The minimum Gasteiger partial charge on any atom is -0.383 e. The third-order valence-electron chi connectivity index (χ3n) is 1.93. The molecule has 0 bridgehead atoms. The van der Waals surface area contributed by atoms with Crippen LogP contribution in [0.3, 0.4) is 0 Å². The Balaban J connectivity index is 2.77.